The molecule has 0 radical (unpaired) electrons. The fourth-order valence-corrected chi connectivity index (χ4v) is 4.10. The third kappa shape index (κ3) is 3.60. The molecular weight excluding hydrogens is 308 g/mol. The van der Waals surface area contributed by atoms with Crippen LogP contribution in [0.4, 0.5) is 0 Å². The average molecular weight is 328 g/mol. The molecule has 1 aliphatic rings. The summed E-state index contributed by atoms with van der Waals surface area (Å²) in [6, 6.07) is 6.25. The van der Waals surface area contributed by atoms with Crippen LogP contribution in [-0.2, 0) is 10.0 Å². The molecule has 1 aliphatic carbocycles. The van der Waals surface area contributed by atoms with E-state index in [2.05, 4.69) is 0 Å². The van der Waals surface area contributed by atoms with Crippen LogP contribution in [0.3, 0.4) is 0 Å². The molecule has 0 unspecified atom stereocenters. The standard InChI is InChI=1S/C14H20N2O3S2/c1-16(10-14(17)7-2-3-8-14)21(18,19)12-6-4-5-11(9-12)13(15)20/h4-6,9,17H,2-3,7-8,10H2,1H3,(H2,15,20). The third-order valence-electron chi connectivity index (χ3n) is 3.88. The number of likely N-dealkylation sites (N-methyl/N-ethyl adjacent to an activating group) is 1. The maximum atomic E-state index is 12.6. The van der Waals surface area contributed by atoms with E-state index in [-0.39, 0.29) is 16.4 Å². The van der Waals surface area contributed by atoms with Gasteiger partial charge in [0, 0.05) is 19.2 Å². The molecule has 7 heteroatoms. The number of nitrogens with two attached hydrogens (primary N) is 1. The maximum absolute atomic E-state index is 12.6. The van der Waals surface area contributed by atoms with Crippen LogP contribution in [0.5, 0.6) is 0 Å². The van der Waals surface area contributed by atoms with Crippen LogP contribution in [0.2, 0.25) is 0 Å². The van der Waals surface area contributed by atoms with Gasteiger partial charge in [-0.05, 0) is 25.0 Å². The first-order chi connectivity index (χ1) is 9.74. The predicted octanol–water partition coefficient (Wildman–Crippen LogP) is 1.25. The Bertz CT molecular complexity index is 637. The highest BCUT2D eigenvalue weighted by molar-refractivity contribution is 7.89. The number of sulfonamides is 1. The lowest BCUT2D eigenvalue weighted by molar-refractivity contribution is 0.0333. The molecule has 21 heavy (non-hydrogen) atoms. The minimum Gasteiger partial charge on any atom is -0.389 e. The van der Waals surface area contributed by atoms with Crippen LogP contribution in [0.15, 0.2) is 29.2 Å². The summed E-state index contributed by atoms with van der Waals surface area (Å²) in [4.78, 5) is 0.293. The molecule has 1 saturated carbocycles. The molecule has 3 N–H and O–H groups in total. The average Bonchev–Trinajstić information content (AvgIpc) is 2.85. The smallest absolute Gasteiger partial charge is 0.242 e. The van der Waals surface area contributed by atoms with Crippen LogP contribution in [0.25, 0.3) is 0 Å². The van der Waals surface area contributed by atoms with Crippen molar-refractivity contribution in [3.05, 3.63) is 29.8 Å². The van der Waals surface area contributed by atoms with Gasteiger partial charge in [0.25, 0.3) is 0 Å². The van der Waals surface area contributed by atoms with E-state index < -0.39 is 15.6 Å². The minimum atomic E-state index is -3.66. The summed E-state index contributed by atoms with van der Waals surface area (Å²) in [7, 11) is -2.18. The SMILES string of the molecule is CN(CC1(O)CCCC1)S(=O)(=O)c1cccc(C(N)=S)c1. The molecule has 0 amide bonds. The van der Waals surface area contributed by atoms with Crippen LogP contribution >= 0.6 is 12.2 Å². The molecule has 0 bridgehead atoms. The molecule has 0 aromatic heterocycles. The number of benzene rings is 1. The second kappa shape index (κ2) is 6.00. The van der Waals surface area contributed by atoms with E-state index in [1.54, 1.807) is 12.1 Å². The Morgan fingerprint density at radius 1 is 1.43 bits per heavy atom. The van der Waals surface area contributed by atoms with Gasteiger partial charge in [-0.15, -0.1) is 0 Å². The van der Waals surface area contributed by atoms with E-state index in [9.17, 15) is 13.5 Å². The van der Waals surface area contributed by atoms with Crippen molar-refractivity contribution in [3.63, 3.8) is 0 Å². The van der Waals surface area contributed by atoms with Gasteiger partial charge in [0.05, 0.1) is 10.5 Å². The number of nitrogens with zero attached hydrogens (tertiary/aromatic N) is 1. The summed E-state index contributed by atoms with van der Waals surface area (Å²) in [6.45, 7) is 0.104. The van der Waals surface area contributed by atoms with Gasteiger partial charge in [-0.1, -0.05) is 37.2 Å². The molecule has 5 nitrogen and oxygen atoms in total. The van der Waals surface area contributed by atoms with Crippen LogP contribution in [0, 0.1) is 0 Å². The highest BCUT2D eigenvalue weighted by Crippen LogP contribution is 2.31. The van der Waals surface area contributed by atoms with Gasteiger partial charge >= 0.3 is 0 Å². The molecule has 0 aliphatic heterocycles. The van der Waals surface area contributed by atoms with Crippen molar-refractivity contribution in [2.45, 2.75) is 36.2 Å². The fourth-order valence-electron chi connectivity index (χ4n) is 2.68. The molecule has 0 saturated heterocycles. The van der Waals surface area contributed by atoms with E-state index in [0.717, 1.165) is 12.8 Å². The second-order valence-corrected chi connectivity index (χ2v) is 8.07. The monoisotopic (exact) mass is 328 g/mol. The van der Waals surface area contributed by atoms with Crippen molar-refractivity contribution in [2.75, 3.05) is 13.6 Å². The Labute approximate surface area is 130 Å². The van der Waals surface area contributed by atoms with E-state index in [0.29, 0.717) is 18.4 Å². The lowest BCUT2D eigenvalue weighted by Gasteiger charge is -2.28. The van der Waals surface area contributed by atoms with Gasteiger partial charge in [-0.3, -0.25) is 0 Å². The predicted molar refractivity (Wildman–Crippen MR) is 85.6 cm³/mol. The van der Waals surface area contributed by atoms with Crippen LogP contribution < -0.4 is 5.73 Å². The van der Waals surface area contributed by atoms with Gasteiger partial charge in [0.15, 0.2) is 0 Å². The van der Waals surface area contributed by atoms with Crippen molar-refractivity contribution < 1.29 is 13.5 Å². The van der Waals surface area contributed by atoms with Crippen LogP contribution in [0.1, 0.15) is 31.2 Å². The second-order valence-electron chi connectivity index (χ2n) is 5.58. The number of thiocarbonyl (C=S) groups is 1. The Balaban J connectivity index is 2.24. The zero-order valence-electron chi connectivity index (χ0n) is 11.9. The van der Waals surface area contributed by atoms with Crippen molar-refractivity contribution >= 4 is 27.2 Å². The van der Waals surface area contributed by atoms with Gasteiger partial charge in [-0.25, -0.2) is 8.42 Å². The van der Waals surface area contributed by atoms with E-state index >= 15 is 0 Å². The maximum Gasteiger partial charge on any atom is 0.242 e. The van der Waals surface area contributed by atoms with Crippen molar-refractivity contribution in [2.24, 2.45) is 5.73 Å². The Morgan fingerprint density at radius 2 is 2.05 bits per heavy atom. The summed E-state index contributed by atoms with van der Waals surface area (Å²) >= 11 is 4.87. The van der Waals surface area contributed by atoms with Crippen molar-refractivity contribution in [3.8, 4) is 0 Å². The van der Waals surface area contributed by atoms with E-state index in [4.69, 9.17) is 18.0 Å². The number of rotatable bonds is 5. The Kier molecular flexibility index (Phi) is 4.67. The summed E-state index contributed by atoms with van der Waals surface area (Å²) in [5, 5.41) is 10.4. The lowest BCUT2D eigenvalue weighted by Crippen LogP contribution is -2.42. The van der Waals surface area contributed by atoms with Gasteiger partial charge < -0.3 is 10.8 Å². The van der Waals surface area contributed by atoms with Gasteiger partial charge in [-0.2, -0.15) is 4.31 Å². The fraction of sp³-hybridized carbons (Fsp3) is 0.500. The third-order valence-corrected chi connectivity index (χ3v) is 5.91. The van der Waals surface area contributed by atoms with E-state index in [1.807, 2.05) is 0 Å². The first kappa shape index (κ1) is 16.4. The van der Waals surface area contributed by atoms with Crippen molar-refractivity contribution in [1.29, 1.82) is 0 Å². The highest BCUT2D eigenvalue weighted by atomic mass is 32.2. The summed E-state index contributed by atoms with van der Waals surface area (Å²) in [6.07, 6.45) is 3.14. The summed E-state index contributed by atoms with van der Waals surface area (Å²) < 4.78 is 26.3. The summed E-state index contributed by atoms with van der Waals surface area (Å²) in [5.41, 5.74) is 5.14. The van der Waals surface area contributed by atoms with Gasteiger partial charge in [0.2, 0.25) is 10.0 Å². The zero-order valence-corrected chi connectivity index (χ0v) is 13.6. The van der Waals surface area contributed by atoms with E-state index in [1.165, 1.54) is 23.5 Å². The lowest BCUT2D eigenvalue weighted by atomic mass is 10.0. The topological polar surface area (TPSA) is 83.6 Å². The minimum absolute atomic E-state index is 0.104. The highest BCUT2D eigenvalue weighted by Gasteiger charge is 2.35. The molecule has 0 spiro atoms. The number of aliphatic hydroxyl groups is 1. The molecular formula is C14H20N2O3S2. The van der Waals surface area contributed by atoms with Crippen LogP contribution in [-0.4, -0.2) is 42.0 Å². The molecule has 1 aromatic carbocycles. The Hall–Kier alpha value is -1.02. The number of hydrogen-bond donors (Lipinski definition) is 2. The normalized spacial score (nSPS) is 18.0. The molecule has 0 atom stereocenters. The summed E-state index contributed by atoms with van der Waals surface area (Å²) in [5.74, 6) is 0. The number of hydrogen-bond acceptors (Lipinski definition) is 4. The molecule has 0 heterocycles. The first-order valence-corrected chi connectivity index (χ1v) is 8.68. The quantitative estimate of drug-likeness (QED) is 0.795. The largest absolute Gasteiger partial charge is 0.389 e. The Morgan fingerprint density at radius 3 is 2.62 bits per heavy atom. The first-order valence-electron chi connectivity index (χ1n) is 6.83. The molecule has 2 rings (SSSR count). The molecule has 1 fully saturated rings. The van der Waals surface area contributed by atoms with Crippen molar-refractivity contribution in [1.82, 2.24) is 4.31 Å². The molecule has 116 valence electrons. The van der Waals surface area contributed by atoms with Gasteiger partial charge in [0.1, 0.15) is 4.99 Å². The molecule has 1 aromatic rings. The zero-order chi connectivity index (χ0) is 15.7.